The minimum atomic E-state index is -0.964. The Morgan fingerprint density at radius 1 is 1.56 bits per heavy atom. The Morgan fingerprint density at radius 2 is 2.31 bits per heavy atom. The minimum absolute atomic E-state index is 0.144. The topological polar surface area (TPSA) is 57.6 Å². The number of carboxylic acids is 1. The van der Waals surface area contributed by atoms with Crippen molar-refractivity contribution in [2.45, 2.75) is 32.6 Å². The Hall–Kier alpha value is -1.32. The number of aliphatic carboxylic acids is 1. The molecule has 1 saturated heterocycles. The molecule has 1 unspecified atom stereocenters. The zero-order chi connectivity index (χ0) is 12.0. The highest BCUT2D eigenvalue weighted by atomic mass is 16.4. The molecular formula is C12H19NO3. The Kier molecular flexibility index (Phi) is 5.02. The molecule has 0 aromatic carbocycles. The summed E-state index contributed by atoms with van der Waals surface area (Å²) in [5, 5.41) is 8.45. The lowest BCUT2D eigenvalue weighted by Gasteiger charge is -2.18. The van der Waals surface area contributed by atoms with Crippen LogP contribution in [0.15, 0.2) is 12.2 Å². The number of amides is 1. The summed E-state index contributed by atoms with van der Waals surface area (Å²) >= 11 is 0. The summed E-state index contributed by atoms with van der Waals surface area (Å²) in [7, 11) is 0. The van der Waals surface area contributed by atoms with Crippen LogP contribution >= 0.6 is 0 Å². The average molecular weight is 225 g/mol. The van der Waals surface area contributed by atoms with Crippen LogP contribution in [-0.4, -0.2) is 35.0 Å². The molecule has 90 valence electrons. The molecule has 1 rings (SSSR count). The molecular weight excluding hydrogens is 206 g/mol. The average Bonchev–Trinajstić information content (AvgIpc) is 2.41. The molecule has 0 saturated carbocycles. The van der Waals surface area contributed by atoms with Gasteiger partial charge in [0, 0.05) is 25.6 Å². The highest BCUT2D eigenvalue weighted by molar-refractivity contribution is 5.80. The summed E-state index contributed by atoms with van der Waals surface area (Å²) in [6.45, 7) is 3.32. The third-order valence-electron chi connectivity index (χ3n) is 3.09. The normalized spacial score (nSPS) is 22.4. The molecule has 1 heterocycles. The molecule has 4 heteroatoms. The molecule has 1 atom stereocenters. The predicted molar refractivity (Wildman–Crippen MR) is 61.0 cm³/mol. The van der Waals surface area contributed by atoms with Gasteiger partial charge in [0.2, 0.25) is 5.91 Å². The fourth-order valence-corrected chi connectivity index (χ4v) is 1.98. The van der Waals surface area contributed by atoms with E-state index in [1.807, 2.05) is 0 Å². The number of nitrogens with zero attached hydrogens (tertiary/aromatic N) is 1. The molecule has 0 radical (unpaired) electrons. The van der Waals surface area contributed by atoms with Gasteiger partial charge in [0.15, 0.2) is 0 Å². The van der Waals surface area contributed by atoms with Crippen LogP contribution in [0.5, 0.6) is 0 Å². The maximum atomic E-state index is 11.7. The van der Waals surface area contributed by atoms with Crippen molar-refractivity contribution in [3.63, 3.8) is 0 Å². The number of rotatable bonds is 4. The number of likely N-dealkylation sites (tertiary alicyclic amines) is 1. The summed E-state index contributed by atoms with van der Waals surface area (Å²) in [5.74, 6) is -0.183. The second-order valence-corrected chi connectivity index (χ2v) is 4.18. The number of hydrogen-bond donors (Lipinski definition) is 1. The zero-order valence-electron chi connectivity index (χ0n) is 9.69. The molecule has 4 nitrogen and oxygen atoms in total. The first kappa shape index (κ1) is 12.7. The van der Waals surface area contributed by atoms with Gasteiger partial charge in [0.25, 0.3) is 0 Å². The maximum Gasteiger partial charge on any atom is 0.328 e. The van der Waals surface area contributed by atoms with Crippen molar-refractivity contribution in [3.8, 4) is 0 Å². The second-order valence-electron chi connectivity index (χ2n) is 4.18. The first-order valence-corrected chi connectivity index (χ1v) is 5.80. The van der Waals surface area contributed by atoms with E-state index >= 15 is 0 Å². The van der Waals surface area contributed by atoms with Crippen LogP contribution in [0.4, 0.5) is 0 Å². The van der Waals surface area contributed by atoms with Crippen molar-refractivity contribution < 1.29 is 14.7 Å². The quantitative estimate of drug-likeness (QED) is 0.740. The first-order valence-electron chi connectivity index (χ1n) is 5.80. The van der Waals surface area contributed by atoms with Gasteiger partial charge in [-0.15, -0.1) is 0 Å². The van der Waals surface area contributed by atoms with Crippen molar-refractivity contribution >= 4 is 11.9 Å². The molecule has 16 heavy (non-hydrogen) atoms. The molecule has 0 spiro atoms. The van der Waals surface area contributed by atoms with Gasteiger partial charge in [-0.3, -0.25) is 4.79 Å². The zero-order valence-corrected chi connectivity index (χ0v) is 9.69. The van der Waals surface area contributed by atoms with Crippen LogP contribution in [0.3, 0.4) is 0 Å². The molecule has 1 amide bonds. The highest BCUT2D eigenvalue weighted by Gasteiger charge is 2.20. The highest BCUT2D eigenvalue weighted by Crippen LogP contribution is 2.20. The van der Waals surface area contributed by atoms with Gasteiger partial charge < -0.3 is 10.0 Å². The van der Waals surface area contributed by atoms with Gasteiger partial charge in [-0.1, -0.05) is 19.4 Å². The third-order valence-corrected chi connectivity index (χ3v) is 3.09. The lowest BCUT2D eigenvalue weighted by molar-refractivity contribution is -0.132. The predicted octanol–water partition coefficient (Wildman–Crippen LogP) is 1.67. The standard InChI is InChI=1S/C12H19NO3/c1-2-10-5-6-11(14)13(9-7-10)8-3-4-12(15)16/h3-4,10H,2,5-9H2,1H3,(H,15,16)/b4-3+. The van der Waals surface area contributed by atoms with E-state index < -0.39 is 5.97 Å². The van der Waals surface area contributed by atoms with Crippen molar-refractivity contribution in [1.82, 2.24) is 4.90 Å². The van der Waals surface area contributed by atoms with E-state index in [2.05, 4.69) is 6.92 Å². The van der Waals surface area contributed by atoms with E-state index in [1.165, 1.54) is 6.08 Å². The lowest BCUT2D eigenvalue weighted by atomic mass is 9.98. The fraction of sp³-hybridized carbons (Fsp3) is 0.667. The second kappa shape index (κ2) is 6.30. The lowest BCUT2D eigenvalue weighted by Crippen LogP contribution is -2.30. The summed E-state index contributed by atoms with van der Waals surface area (Å²) in [4.78, 5) is 23.7. The third kappa shape index (κ3) is 4.04. The van der Waals surface area contributed by atoms with Gasteiger partial charge >= 0.3 is 5.97 Å². The van der Waals surface area contributed by atoms with Crippen LogP contribution in [0.2, 0.25) is 0 Å². The van der Waals surface area contributed by atoms with Crippen LogP contribution in [0, 0.1) is 5.92 Å². The fourth-order valence-electron chi connectivity index (χ4n) is 1.98. The van der Waals surface area contributed by atoms with E-state index in [4.69, 9.17) is 5.11 Å². The molecule has 1 N–H and O–H groups in total. The van der Waals surface area contributed by atoms with Gasteiger partial charge in [-0.05, 0) is 18.8 Å². The van der Waals surface area contributed by atoms with Crippen LogP contribution in [0.25, 0.3) is 0 Å². The van der Waals surface area contributed by atoms with Gasteiger partial charge in [-0.25, -0.2) is 4.79 Å². The molecule has 0 aromatic rings. The SMILES string of the molecule is CCC1CCC(=O)N(C/C=C/C(=O)O)CC1. The van der Waals surface area contributed by atoms with Crippen molar-refractivity contribution in [3.05, 3.63) is 12.2 Å². The van der Waals surface area contributed by atoms with E-state index in [9.17, 15) is 9.59 Å². The van der Waals surface area contributed by atoms with E-state index in [-0.39, 0.29) is 5.91 Å². The molecule has 0 bridgehead atoms. The Morgan fingerprint density at radius 3 is 2.94 bits per heavy atom. The van der Waals surface area contributed by atoms with Crippen molar-refractivity contribution in [1.29, 1.82) is 0 Å². The van der Waals surface area contributed by atoms with Crippen molar-refractivity contribution in [2.24, 2.45) is 5.92 Å². The van der Waals surface area contributed by atoms with E-state index in [1.54, 1.807) is 4.90 Å². The summed E-state index contributed by atoms with van der Waals surface area (Å²) < 4.78 is 0. The molecule has 1 aliphatic heterocycles. The summed E-state index contributed by atoms with van der Waals surface area (Å²) in [6.07, 6.45) is 6.34. The molecule has 1 aliphatic rings. The van der Waals surface area contributed by atoms with Gasteiger partial charge in [0.1, 0.15) is 0 Å². The number of hydrogen-bond acceptors (Lipinski definition) is 2. The maximum absolute atomic E-state index is 11.7. The van der Waals surface area contributed by atoms with Crippen LogP contribution < -0.4 is 0 Å². The summed E-state index contributed by atoms with van der Waals surface area (Å²) in [6, 6.07) is 0. The van der Waals surface area contributed by atoms with E-state index in [0.29, 0.717) is 18.9 Å². The summed E-state index contributed by atoms with van der Waals surface area (Å²) in [5.41, 5.74) is 0. The smallest absolute Gasteiger partial charge is 0.328 e. The van der Waals surface area contributed by atoms with Crippen molar-refractivity contribution in [2.75, 3.05) is 13.1 Å². The Bertz CT molecular complexity index is 286. The van der Waals surface area contributed by atoms with E-state index in [0.717, 1.165) is 31.9 Å². The van der Waals surface area contributed by atoms with Gasteiger partial charge in [0.05, 0.1) is 0 Å². The van der Waals surface area contributed by atoms with Gasteiger partial charge in [-0.2, -0.15) is 0 Å². The number of carbonyl (C=O) groups excluding carboxylic acids is 1. The molecule has 0 aliphatic carbocycles. The Labute approximate surface area is 95.9 Å². The number of carbonyl (C=O) groups is 2. The van der Waals surface area contributed by atoms with Crippen LogP contribution in [0.1, 0.15) is 32.6 Å². The Balaban J connectivity index is 2.46. The molecule has 1 fully saturated rings. The van der Waals surface area contributed by atoms with Crippen LogP contribution in [-0.2, 0) is 9.59 Å². The molecule has 0 aromatic heterocycles. The largest absolute Gasteiger partial charge is 0.478 e. The monoisotopic (exact) mass is 225 g/mol. The number of carboxylic acid groups (broad SMARTS) is 1. The minimum Gasteiger partial charge on any atom is -0.478 e. The first-order chi connectivity index (χ1) is 7.63.